The summed E-state index contributed by atoms with van der Waals surface area (Å²) >= 11 is 5.87. The predicted molar refractivity (Wildman–Crippen MR) is 73.8 cm³/mol. The Balaban J connectivity index is 1.97. The third kappa shape index (κ3) is 2.94. The molecule has 1 atom stereocenters. The molecule has 18 heavy (non-hydrogen) atoms. The number of benzene rings is 1. The zero-order valence-electron chi connectivity index (χ0n) is 10.4. The van der Waals surface area contributed by atoms with Crippen LogP contribution < -0.4 is 11.1 Å². The lowest BCUT2D eigenvalue weighted by molar-refractivity contribution is 0.216. The Labute approximate surface area is 112 Å². The summed E-state index contributed by atoms with van der Waals surface area (Å²) in [6, 6.07) is 7.05. The number of hydrogen-bond donors (Lipinski definition) is 2. The molecule has 4 nitrogen and oxygen atoms in total. The molecule has 0 aliphatic carbocycles. The first-order chi connectivity index (χ1) is 8.52. The van der Waals surface area contributed by atoms with E-state index in [1.807, 2.05) is 12.1 Å². The summed E-state index contributed by atoms with van der Waals surface area (Å²) in [5.74, 6) is 0. The largest absolute Gasteiger partial charge is 0.330 e. The lowest BCUT2D eigenvalue weighted by Crippen LogP contribution is -2.36. The smallest absolute Gasteiger partial charge is 0.321 e. The van der Waals surface area contributed by atoms with Gasteiger partial charge in [-0.15, -0.1) is 0 Å². The number of amides is 2. The molecule has 2 amide bonds. The van der Waals surface area contributed by atoms with Crippen LogP contribution in [0.5, 0.6) is 0 Å². The van der Waals surface area contributed by atoms with Crippen molar-refractivity contribution in [1.82, 2.24) is 4.90 Å². The maximum absolute atomic E-state index is 12.1. The van der Waals surface area contributed by atoms with E-state index in [0.717, 1.165) is 13.0 Å². The van der Waals surface area contributed by atoms with Crippen LogP contribution in [-0.4, -0.2) is 30.6 Å². The van der Waals surface area contributed by atoms with Gasteiger partial charge in [-0.3, -0.25) is 0 Å². The second kappa shape index (κ2) is 5.16. The third-order valence-corrected chi connectivity index (χ3v) is 3.65. The summed E-state index contributed by atoms with van der Waals surface area (Å²) < 4.78 is 0. The minimum Gasteiger partial charge on any atom is -0.330 e. The molecule has 1 aliphatic rings. The lowest BCUT2D eigenvalue weighted by atomic mass is 9.90. The van der Waals surface area contributed by atoms with E-state index in [0.29, 0.717) is 23.8 Å². The van der Waals surface area contributed by atoms with E-state index in [1.54, 1.807) is 17.0 Å². The summed E-state index contributed by atoms with van der Waals surface area (Å²) in [7, 11) is 0. The fraction of sp³-hybridized carbons (Fsp3) is 0.462. The second-order valence-electron chi connectivity index (χ2n) is 5.13. The highest BCUT2D eigenvalue weighted by Crippen LogP contribution is 2.28. The van der Waals surface area contributed by atoms with Gasteiger partial charge < -0.3 is 16.0 Å². The van der Waals surface area contributed by atoms with Gasteiger partial charge in [-0.25, -0.2) is 4.79 Å². The van der Waals surface area contributed by atoms with Gasteiger partial charge in [-0.2, -0.15) is 0 Å². The fourth-order valence-electron chi connectivity index (χ4n) is 2.13. The van der Waals surface area contributed by atoms with E-state index in [1.165, 1.54) is 0 Å². The summed E-state index contributed by atoms with van der Waals surface area (Å²) in [6.07, 6.45) is 0.951. The van der Waals surface area contributed by atoms with Crippen LogP contribution in [-0.2, 0) is 0 Å². The minimum atomic E-state index is -0.0885. The van der Waals surface area contributed by atoms with Gasteiger partial charge in [0.1, 0.15) is 0 Å². The molecule has 1 aromatic rings. The first kappa shape index (κ1) is 13.2. The van der Waals surface area contributed by atoms with Gasteiger partial charge in [0.25, 0.3) is 0 Å². The molecule has 0 aromatic heterocycles. The van der Waals surface area contributed by atoms with Crippen molar-refractivity contribution in [3.8, 4) is 0 Å². The van der Waals surface area contributed by atoms with Crippen LogP contribution in [0.1, 0.15) is 13.3 Å². The SMILES string of the molecule is CC1(CN)CCN(C(=O)Nc2cccc(Cl)c2)C1. The number of carbonyl (C=O) groups excluding carboxylic acids is 1. The average molecular weight is 268 g/mol. The monoisotopic (exact) mass is 267 g/mol. The minimum absolute atomic E-state index is 0.0473. The maximum atomic E-state index is 12.1. The van der Waals surface area contributed by atoms with Crippen LogP contribution in [0.3, 0.4) is 0 Å². The molecule has 0 spiro atoms. The fourth-order valence-corrected chi connectivity index (χ4v) is 2.32. The zero-order chi connectivity index (χ0) is 13.2. The highest BCUT2D eigenvalue weighted by molar-refractivity contribution is 6.30. The van der Waals surface area contributed by atoms with E-state index in [4.69, 9.17) is 17.3 Å². The van der Waals surface area contributed by atoms with Crippen LogP contribution in [0.4, 0.5) is 10.5 Å². The number of nitrogens with two attached hydrogens (primary N) is 1. The Morgan fingerprint density at radius 3 is 3.00 bits per heavy atom. The van der Waals surface area contributed by atoms with Crippen LogP contribution in [0.25, 0.3) is 0 Å². The molecule has 1 fully saturated rings. The van der Waals surface area contributed by atoms with Crippen LogP contribution >= 0.6 is 11.6 Å². The standard InChI is InChI=1S/C13H18ClN3O/c1-13(8-15)5-6-17(9-13)12(18)16-11-4-2-3-10(14)7-11/h2-4,7H,5-6,8-9,15H2,1H3,(H,16,18). The number of halogens is 1. The van der Waals surface area contributed by atoms with Crippen molar-refractivity contribution in [2.24, 2.45) is 11.1 Å². The number of urea groups is 1. The summed E-state index contributed by atoms with van der Waals surface area (Å²) in [5, 5.41) is 3.46. The Hall–Kier alpha value is -1.26. The molecule has 2 rings (SSSR count). The first-order valence-electron chi connectivity index (χ1n) is 6.04. The van der Waals surface area contributed by atoms with Gasteiger partial charge in [0.15, 0.2) is 0 Å². The third-order valence-electron chi connectivity index (χ3n) is 3.41. The number of likely N-dealkylation sites (tertiary alicyclic amines) is 1. The molecule has 1 unspecified atom stereocenters. The van der Waals surface area contributed by atoms with Crippen molar-refractivity contribution >= 4 is 23.3 Å². The molecule has 1 aromatic carbocycles. The summed E-state index contributed by atoms with van der Waals surface area (Å²) in [6.45, 7) is 4.17. The van der Waals surface area contributed by atoms with E-state index in [2.05, 4.69) is 12.2 Å². The molecule has 5 heteroatoms. The predicted octanol–water partition coefficient (Wildman–Crippen LogP) is 2.54. The number of nitrogens with zero attached hydrogens (tertiary/aromatic N) is 1. The molecule has 1 saturated heterocycles. The normalized spacial score (nSPS) is 23.2. The van der Waals surface area contributed by atoms with Gasteiger partial charge in [-0.1, -0.05) is 24.6 Å². The van der Waals surface area contributed by atoms with Crippen LogP contribution in [0.15, 0.2) is 24.3 Å². The van der Waals surface area contributed by atoms with Gasteiger partial charge in [0, 0.05) is 23.8 Å². The van der Waals surface area contributed by atoms with E-state index < -0.39 is 0 Å². The molecule has 3 N–H and O–H groups in total. The van der Waals surface area contributed by atoms with Crippen LogP contribution in [0.2, 0.25) is 5.02 Å². The molecule has 0 radical (unpaired) electrons. The second-order valence-corrected chi connectivity index (χ2v) is 5.56. The zero-order valence-corrected chi connectivity index (χ0v) is 11.2. The molecule has 98 valence electrons. The van der Waals surface area contributed by atoms with Crippen LogP contribution in [0, 0.1) is 5.41 Å². The Morgan fingerprint density at radius 2 is 2.39 bits per heavy atom. The molecule has 0 bridgehead atoms. The summed E-state index contributed by atoms with van der Waals surface area (Å²) in [5.41, 5.74) is 6.49. The van der Waals surface area contributed by atoms with E-state index in [-0.39, 0.29) is 11.4 Å². The van der Waals surface area contributed by atoms with Crippen molar-refractivity contribution < 1.29 is 4.79 Å². The topological polar surface area (TPSA) is 58.4 Å². The molecule has 1 heterocycles. The average Bonchev–Trinajstić information content (AvgIpc) is 2.73. The first-order valence-corrected chi connectivity index (χ1v) is 6.42. The quantitative estimate of drug-likeness (QED) is 0.865. The molecular formula is C13H18ClN3O. The van der Waals surface area contributed by atoms with Gasteiger partial charge >= 0.3 is 6.03 Å². The molecule has 1 aliphatic heterocycles. The Morgan fingerprint density at radius 1 is 1.61 bits per heavy atom. The van der Waals surface area contributed by atoms with Crippen molar-refractivity contribution in [2.45, 2.75) is 13.3 Å². The lowest BCUT2D eigenvalue weighted by Gasteiger charge is -2.22. The number of rotatable bonds is 2. The van der Waals surface area contributed by atoms with Gasteiger partial charge in [-0.05, 0) is 36.6 Å². The number of carbonyl (C=O) groups is 1. The Kier molecular flexibility index (Phi) is 3.78. The number of nitrogens with one attached hydrogen (secondary N) is 1. The van der Waals surface area contributed by atoms with Crippen molar-refractivity contribution in [3.63, 3.8) is 0 Å². The maximum Gasteiger partial charge on any atom is 0.321 e. The van der Waals surface area contributed by atoms with E-state index >= 15 is 0 Å². The number of hydrogen-bond acceptors (Lipinski definition) is 2. The van der Waals surface area contributed by atoms with Gasteiger partial charge in [0.2, 0.25) is 0 Å². The van der Waals surface area contributed by atoms with Crippen molar-refractivity contribution in [2.75, 3.05) is 25.0 Å². The molecular weight excluding hydrogens is 250 g/mol. The highest BCUT2D eigenvalue weighted by Gasteiger charge is 2.34. The Bertz CT molecular complexity index is 452. The van der Waals surface area contributed by atoms with Gasteiger partial charge in [0.05, 0.1) is 0 Å². The van der Waals surface area contributed by atoms with E-state index in [9.17, 15) is 4.79 Å². The highest BCUT2D eigenvalue weighted by atomic mass is 35.5. The molecule has 0 saturated carbocycles. The van der Waals surface area contributed by atoms with Crippen molar-refractivity contribution in [1.29, 1.82) is 0 Å². The summed E-state index contributed by atoms with van der Waals surface area (Å²) in [4.78, 5) is 13.9. The van der Waals surface area contributed by atoms with Crippen molar-refractivity contribution in [3.05, 3.63) is 29.3 Å². The number of anilines is 1.